The summed E-state index contributed by atoms with van der Waals surface area (Å²) in [5, 5.41) is 4.92. The van der Waals surface area contributed by atoms with E-state index in [1.165, 1.54) is 0 Å². The van der Waals surface area contributed by atoms with Gasteiger partial charge in [-0.05, 0) is 69.4 Å². The van der Waals surface area contributed by atoms with Gasteiger partial charge in [-0.1, -0.05) is 35.8 Å². The van der Waals surface area contributed by atoms with Crippen molar-refractivity contribution in [3.8, 4) is 0 Å². The van der Waals surface area contributed by atoms with E-state index in [1.54, 1.807) is 0 Å². The Balaban J connectivity index is 2.25. The van der Waals surface area contributed by atoms with Gasteiger partial charge in [0.2, 0.25) is 0 Å². The van der Waals surface area contributed by atoms with Gasteiger partial charge >= 0.3 is 5.97 Å². The van der Waals surface area contributed by atoms with Gasteiger partial charge in [0.15, 0.2) is 0 Å². The van der Waals surface area contributed by atoms with Gasteiger partial charge in [0, 0.05) is 10.9 Å². The molecule has 0 amide bonds. The molecule has 124 valence electrons. The minimum atomic E-state index is -0.554. The number of benzene rings is 1. The summed E-state index contributed by atoms with van der Waals surface area (Å²) in [5.41, 5.74) is 2.53. The van der Waals surface area contributed by atoms with Gasteiger partial charge in [-0.15, -0.1) is 0 Å². The van der Waals surface area contributed by atoms with Crippen LogP contribution in [0.3, 0.4) is 0 Å². The lowest BCUT2D eigenvalue weighted by Crippen LogP contribution is -2.24. The number of rotatable bonds is 2. The average molecular weight is 334 g/mol. The Morgan fingerprint density at radius 1 is 1.30 bits per heavy atom. The molecule has 1 aliphatic carbocycles. The van der Waals surface area contributed by atoms with Crippen LogP contribution in [-0.4, -0.2) is 11.7 Å². The summed E-state index contributed by atoms with van der Waals surface area (Å²) in [4.78, 5) is 17.1. The van der Waals surface area contributed by atoms with Gasteiger partial charge in [0.25, 0.3) is 0 Å². The number of nitrogens with zero attached hydrogens (tertiary/aromatic N) is 1. The summed E-state index contributed by atoms with van der Waals surface area (Å²) >= 11 is 5.93. The molecule has 0 bridgehead atoms. The normalized spacial score (nSPS) is 22.4. The van der Waals surface area contributed by atoms with Crippen LogP contribution in [0.4, 0.5) is 0 Å². The molecule has 0 radical (unpaired) electrons. The van der Waals surface area contributed by atoms with Crippen LogP contribution in [0, 0.1) is 11.3 Å². The van der Waals surface area contributed by atoms with Crippen LogP contribution >= 0.6 is 11.6 Å². The number of carbonyl (C=O) groups excluding carboxylic acids is 1. The monoisotopic (exact) mass is 333 g/mol. The molecule has 1 fully saturated rings. The smallest absolute Gasteiger partial charge is 0.317 e. The van der Waals surface area contributed by atoms with Crippen LogP contribution in [0.15, 0.2) is 35.0 Å². The lowest BCUT2D eigenvalue weighted by atomic mass is 9.84. The first-order chi connectivity index (χ1) is 10.8. The van der Waals surface area contributed by atoms with E-state index in [0.29, 0.717) is 0 Å². The second-order valence-corrected chi connectivity index (χ2v) is 7.56. The third-order valence-corrected chi connectivity index (χ3v) is 4.18. The lowest BCUT2D eigenvalue weighted by molar-refractivity contribution is -0.152. The number of carbonyl (C=O) groups is 1. The summed E-state index contributed by atoms with van der Waals surface area (Å²) in [5.74, 6) is -0.0244. The zero-order valence-corrected chi connectivity index (χ0v) is 15.0. The van der Waals surface area contributed by atoms with E-state index in [4.69, 9.17) is 16.4 Å². The van der Waals surface area contributed by atoms with Gasteiger partial charge in [0.1, 0.15) is 0 Å². The molecule has 1 unspecified atom stereocenters. The second-order valence-electron chi connectivity index (χ2n) is 7.12. The van der Waals surface area contributed by atoms with Crippen molar-refractivity contribution < 1.29 is 9.63 Å². The van der Waals surface area contributed by atoms with Crippen molar-refractivity contribution in [2.75, 3.05) is 0 Å². The van der Waals surface area contributed by atoms with Gasteiger partial charge in [0.05, 0.1) is 11.1 Å². The summed E-state index contributed by atoms with van der Waals surface area (Å²) < 4.78 is 0. The van der Waals surface area contributed by atoms with E-state index in [1.807, 2.05) is 45.0 Å². The van der Waals surface area contributed by atoms with Crippen LogP contribution in [0.5, 0.6) is 0 Å². The molecule has 2 rings (SSSR count). The van der Waals surface area contributed by atoms with E-state index in [0.717, 1.165) is 41.1 Å². The Labute approximate surface area is 143 Å². The SMILES string of the molecule is CC1CCCC(=C\c2ccc(Cl)cc2)/C1=N/OC(=O)C(C)(C)C. The molecule has 1 saturated carbocycles. The zero-order valence-electron chi connectivity index (χ0n) is 14.2. The molecule has 0 aliphatic heterocycles. The third-order valence-electron chi connectivity index (χ3n) is 3.93. The summed E-state index contributed by atoms with van der Waals surface area (Å²) in [7, 11) is 0. The quantitative estimate of drug-likeness (QED) is 0.530. The summed E-state index contributed by atoms with van der Waals surface area (Å²) in [6, 6.07) is 7.70. The maximum atomic E-state index is 12.0. The zero-order chi connectivity index (χ0) is 17.0. The number of halogens is 1. The third kappa shape index (κ3) is 4.93. The number of hydrogen-bond acceptors (Lipinski definition) is 3. The first-order valence-corrected chi connectivity index (χ1v) is 8.41. The van der Waals surface area contributed by atoms with E-state index in [2.05, 4.69) is 18.2 Å². The standard InChI is InChI=1S/C19H24ClNO2/c1-13-6-5-7-15(12-14-8-10-16(20)11-9-14)17(13)21-23-18(22)19(2,3)4/h8-13H,5-7H2,1-4H3/b15-12+,21-17+. The van der Waals surface area contributed by atoms with Crippen molar-refractivity contribution in [1.29, 1.82) is 0 Å². The van der Waals surface area contributed by atoms with E-state index in [-0.39, 0.29) is 11.9 Å². The molecule has 23 heavy (non-hydrogen) atoms. The molecule has 0 spiro atoms. The predicted molar refractivity (Wildman–Crippen MR) is 95.4 cm³/mol. The van der Waals surface area contributed by atoms with Gasteiger partial charge in [-0.25, -0.2) is 4.79 Å². The highest BCUT2D eigenvalue weighted by atomic mass is 35.5. The fourth-order valence-electron chi connectivity index (χ4n) is 2.46. The average Bonchev–Trinajstić information content (AvgIpc) is 2.47. The second kappa shape index (κ2) is 7.31. The lowest BCUT2D eigenvalue weighted by Gasteiger charge is -2.23. The molecule has 0 saturated heterocycles. The van der Waals surface area contributed by atoms with Crippen molar-refractivity contribution >= 4 is 29.4 Å². The van der Waals surface area contributed by atoms with E-state index >= 15 is 0 Å². The summed E-state index contributed by atoms with van der Waals surface area (Å²) in [6.07, 6.45) is 5.23. The van der Waals surface area contributed by atoms with Crippen LogP contribution in [0.25, 0.3) is 6.08 Å². The molecule has 4 heteroatoms. The van der Waals surface area contributed by atoms with Gasteiger partial charge in [-0.2, -0.15) is 0 Å². The van der Waals surface area contributed by atoms with Crippen molar-refractivity contribution in [2.45, 2.75) is 47.0 Å². The molecular formula is C19H24ClNO2. The van der Waals surface area contributed by atoms with E-state index < -0.39 is 5.41 Å². The largest absolute Gasteiger partial charge is 0.340 e. The minimum Gasteiger partial charge on any atom is -0.317 e. The Morgan fingerprint density at radius 3 is 2.57 bits per heavy atom. The Morgan fingerprint density at radius 2 is 1.96 bits per heavy atom. The van der Waals surface area contributed by atoms with Crippen LogP contribution < -0.4 is 0 Å². The first-order valence-electron chi connectivity index (χ1n) is 8.03. The van der Waals surface area contributed by atoms with Crippen molar-refractivity contribution in [3.63, 3.8) is 0 Å². The highest BCUT2D eigenvalue weighted by Crippen LogP contribution is 2.28. The maximum absolute atomic E-state index is 12.0. The van der Waals surface area contributed by atoms with E-state index in [9.17, 15) is 4.79 Å². The number of hydrogen-bond donors (Lipinski definition) is 0. The predicted octanol–water partition coefficient (Wildman–Crippen LogP) is 5.49. The minimum absolute atomic E-state index is 0.287. The van der Waals surface area contributed by atoms with Crippen molar-refractivity contribution in [3.05, 3.63) is 40.4 Å². The fourth-order valence-corrected chi connectivity index (χ4v) is 2.59. The first kappa shape index (κ1) is 17.7. The Bertz CT molecular complexity index is 624. The highest BCUT2D eigenvalue weighted by Gasteiger charge is 2.26. The molecule has 0 aromatic heterocycles. The fraction of sp³-hybridized carbons (Fsp3) is 0.474. The van der Waals surface area contributed by atoms with Crippen LogP contribution in [-0.2, 0) is 9.63 Å². The molecule has 0 heterocycles. The maximum Gasteiger partial charge on any atom is 0.340 e. The van der Waals surface area contributed by atoms with Crippen molar-refractivity contribution in [2.24, 2.45) is 16.5 Å². The Hall–Kier alpha value is -1.61. The topological polar surface area (TPSA) is 38.7 Å². The molecule has 0 N–H and O–H groups in total. The number of oxime groups is 1. The highest BCUT2D eigenvalue weighted by molar-refractivity contribution is 6.30. The summed E-state index contributed by atoms with van der Waals surface area (Å²) in [6.45, 7) is 7.59. The molecule has 1 aromatic carbocycles. The Kier molecular flexibility index (Phi) is 5.64. The van der Waals surface area contributed by atoms with Crippen LogP contribution in [0.2, 0.25) is 5.02 Å². The van der Waals surface area contributed by atoms with Gasteiger partial charge < -0.3 is 4.84 Å². The molecule has 1 aromatic rings. The molecule has 1 atom stereocenters. The van der Waals surface area contributed by atoms with Crippen LogP contribution in [0.1, 0.15) is 52.5 Å². The molecule has 1 aliphatic rings. The van der Waals surface area contributed by atoms with Gasteiger partial charge in [-0.3, -0.25) is 0 Å². The molecular weight excluding hydrogens is 310 g/mol. The van der Waals surface area contributed by atoms with Crippen molar-refractivity contribution in [1.82, 2.24) is 0 Å². The molecule has 3 nitrogen and oxygen atoms in total. The number of allylic oxidation sites excluding steroid dienone is 1.